The number of nitrogens with zero attached hydrogens (tertiary/aromatic N) is 1. The van der Waals surface area contributed by atoms with E-state index in [0.717, 1.165) is 18.4 Å². The Hall–Kier alpha value is -1.42. The highest BCUT2D eigenvalue weighted by atomic mass is 16.1. The molecule has 0 aliphatic heterocycles. The maximum Gasteiger partial charge on any atom is 0.221 e. The van der Waals surface area contributed by atoms with Crippen molar-refractivity contribution in [1.82, 2.24) is 10.3 Å². The third kappa shape index (κ3) is 4.89. The molecule has 4 nitrogen and oxygen atoms in total. The molecule has 3 N–H and O–H groups in total. The van der Waals surface area contributed by atoms with Crippen LogP contribution in [-0.2, 0) is 11.3 Å². The van der Waals surface area contributed by atoms with E-state index in [9.17, 15) is 4.79 Å². The summed E-state index contributed by atoms with van der Waals surface area (Å²) in [5, 5.41) is 2.83. The second-order valence-corrected chi connectivity index (χ2v) is 3.89. The van der Waals surface area contributed by atoms with Gasteiger partial charge in [0.1, 0.15) is 0 Å². The Morgan fingerprint density at radius 1 is 1.62 bits per heavy atom. The van der Waals surface area contributed by atoms with Gasteiger partial charge < -0.3 is 11.1 Å². The molecule has 88 valence electrons. The molecule has 0 radical (unpaired) electrons. The van der Waals surface area contributed by atoms with Crippen LogP contribution < -0.4 is 11.1 Å². The van der Waals surface area contributed by atoms with E-state index in [1.807, 2.05) is 12.1 Å². The standard InChI is InChI=1S/C12H19N3O/c1-2-4-11(13)7-12(16)15-9-10-5-3-6-14-8-10/h3,5-6,8,11H,2,4,7,9,13H2,1H3,(H,15,16). The van der Waals surface area contributed by atoms with Crippen LogP contribution in [0.2, 0.25) is 0 Å². The number of rotatable bonds is 6. The highest BCUT2D eigenvalue weighted by Gasteiger charge is 2.07. The maximum atomic E-state index is 11.5. The predicted octanol–water partition coefficient (Wildman–Crippen LogP) is 1.22. The summed E-state index contributed by atoms with van der Waals surface area (Å²) in [5.41, 5.74) is 6.78. The Balaban J connectivity index is 2.25. The Kier molecular flexibility index (Phi) is 5.50. The molecule has 0 spiro atoms. The van der Waals surface area contributed by atoms with Gasteiger partial charge in [-0.1, -0.05) is 19.4 Å². The lowest BCUT2D eigenvalue weighted by Crippen LogP contribution is -2.31. The van der Waals surface area contributed by atoms with Crippen LogP contribution in [0, 0.1) is 0 Å². The minimum atomic E-state index is -0.0288. The third-order valence-electron chi connectivity index (χ3n) is 2.32. The molecule has 0 saturated carbocycles. The van der Waals surface area contributed by atoms with Gasteiger partial charge in [-0.2, -0.15) is 0 Å². The summed E-state index contributed by atoms with van der Waals surface area (Å²) in [7, 11) is 0. The number of aromatic nitrogens is 1. The van der Waals surface area contributed by atoms with Crippen LogP contribution >= 0.6 is 0 Å². The van der Waals surface area contributed by atoms with Crippen LogP contribution in [0.1, 0.15) is 31.7 Å². The van der Waals surface area contributed by atoms with Gasteiger partial charge in [-0.05, 0) is 18.1 Å². The Morgan fingerprint density at radius 2 is 2.44 bits per heavy atom. The summed E-state index contributed by atoms with van der Waals surface area (Å²) in [6.45, 7) is 2.58. The number of hydrogen-bond donors (Lipinski definition) is 2. The first-order chi connectivity index (χ1) is 7.72. The van der Waals surface area contributed by atoms with E-state index >= 15 is 0 Å². The minimum absolute atomic E-state index is 0.00445. The molecule has 4 heteroatoms. The van der Waals surface area contributed by atoms with Gasteiger partial charge in [0.2, 0.25) is 5.91 Å². The molecule has 0 aliphatic carbocycles. The lowest BCUT2D eigenvalue weighted by atomic mass is 10.1. The lowest BCUT2D eigenvalue weighted by molar-refractivity contribution is -0.121. The van der Waals surface area contributed by atoms with Crippen molar-refractivity contribution in [2.45, 2.75) is 38.8 Å². The lowest BCUT2D eigenvalue weighted by Gasteiger charge is -2.10. The number of amides is 1. The number of carbonyl (C=O) groups is 1. The number of carbonyl (C=O) groups excluding carboxylic acids is 1. The molecular formula is C12H19N3O. The van der Waals surface area contributed by atoms with Crippen LogP contribution in [0.15, 0.2) is 24.5 Å². The molecule has 1 amide bonds. The summed E-state index contributed by atoms with van der Waals surface area (Å²) < 4.78 is 0. The van der Waals surface area contributed by atoms with Gasteiger partial charge in [-0.15, -0.1) is 0 Å². The van der Waals surface area contributed by atoms with Crippen molar-refractivity contribution < 1.29 is 4.79 Å². The summed E-state index contributed by atoms with van der Waals surface area (Å²) in [6.07, 6.45) is 5.75. The normalized spacial score (nSPS) is 12.1. The first-order valence-corrected chi connectivity index (χ1v) is 5.63. The average Bonchev–Trinajstić information content (AvgIpc) is 2.28. The van der Waals surface area contributed by atoms with Crippen LogP contribution in [0.3, 0.4) is 0 Å². The second-order valence-electron chi connectivity index (χ2n) is 3.89. The monoisotopic (exact) mass is 221 g/mol. The van der Waals surface area contributed by atoms with Gasteiger partial charge in [0, 0.05) is 31.4 Å². The Labute approximate surface area is 96.3 Å². The zero-order chi connectivity index (χ0) is 11.8. The molecule has 0 aliphatic rings. The molecule has 1 aromatic rings. The summed E-state index contributed by atoms with van der Waals surface area (Å²) in [6, 6.07) is 3.75. The number of nitrogens with one attached hydrogen (secondary N) is 1. The largest absolute Gasteiger partial charge is 0.352 e. The van der Waals surface area contributed by atoms with Crippen LogP contribution in [0.25, 0.3) is 0 Å². The molecule has 0 aromatic carbocycles. The van der Waals surface area contributed by atoms with Crippen molar-refractivity contribution in [2.24, 2.45) is 5.73 Å². The van der Waals surface area contributed by atoms with Crippen molar-refractivity contribution >= 4 is 5.91 Å². The van der Waals surface area contributed by atoms with E-state index in [1.165, 1.54) is 0 Å². The first-order valence-electron chi connectivity index (χ1n) is 5.63. The summed E-state index contributed by atoms with van der Waals surface area (Å²) in [5.74, 6) is 0.00445. The first kappa shape index (κ1) is 12.6. The van der Waals surface area contributed by atoms with E-state index in [4.69, 9.17) is 5.73 Å². The average molecular weight is 221 g/mol. The molecule has 1 aromatic heterocycles. The molecular weight excluding hydrogens is 202 g/mol. The van der Waals surface area contributed by atoms with E-state index in [1.54, 1.807) is 12.4 Å². The minimum Gasteiger partial charge on any atom is -0.352 e. The van der Waals surface area contributed by atoms with Crippen molar-refractivity contribution in [3.63, 3.8) is 0 Å². The van der Waals surface area contributed by atoms with Crippen molar-refractivity contribution in [2.75, 3.05) is 0 Å². The molecule has 0 fully saturated rings. The highest BCUT2D eigenvalue weighted by molar-refractivity contribution is 5.76. The van der Waals surface area contributed by atoms with Gasteiger partial charge in [-0.25, -0.2) is 0 Å². The van der Waals surface area contributed by atoms with Gasteiger partial charge in [0.15, 0.2) is 0 Å². The molecule has 1 rings (SSSR count). The van der Waals surface area contributed by atoms with Crippen LogP contribution in [-0.4, -0.2) is 16.9 Å². The van der Waals surface area contributed by atoms with Crippen molar-refractivity contribution in [3.8, 4) is 0 Å². The van der Waals surface area contributed by atoms with Crippen molar-refractivity contribution in [3.05, 3.63) is 30.1 Å². The van der Waals surface area contributed by atoms with Gasteiger partial charge in [0.05, 0.1) is 0 Å². The van der Waals surface area contributed by atoms with Crippen LogP contribution in [0.5, 0.6) is 0 Å². The SMILES string of the molecule is CCCC(N)CC(=O)NCc1cccnc1. The molecule has 0 bridgehead atoms. The molecule has 16 heavy (non-hydrogen) atoms. The van der Waals surface area contributed by atoms with E-state index in [0.29, 0.717) is 13.0 Å². The molecule has 1 unspecified atom stereocenters. The Bertz CT molecular complexity index is 313. The fourth-order valence-corrected chi connectivity index (χ4v) is 1.49. The number of nitrogens with two attached hydrogens (primary N) is 1. The topological polar surface area (TPSA) is 68.0 Å². The number of pyridine rings is 1. The van der Waals surface area contributed by atoms with Crippen LogP contribution in [0.4, 0.5) is 0 Å². The molecule has 1 atom stereocenters. The number of hydrogen-bond acceptors (Lipinski definition) is 3. The summed E-state index contributed by atoms with van der Waals surface area (Å²) >= 11 is 0. The molecule has 1 heterocycles. The highest BCUT2D eigenvalue weighted by Crippen LogP contribution is 1.99. The zero-order valence-electron chi connectivity index (χ0n) is 9.65. The predicted molar refractivity (Wildman–Crippen MR) is 63.6 cm³/mol. The van der Waals surface area contributed by atoms with Gasteiger partial charge in [-0.3, -0.25) is 9.78 Å². The quantitative estimate of drug-likeness (QED) is 0.758. The smallest absolute Gasteiger partial charge is 0.221 e. The second kappa shape index (κ2) is 6.95. The third-order valence-corrected chi connectivity index (χ3v) is 2.32. The summed E-state index contributed by atoms with van der Waals surface area (Å²) in [4.78, 5) is 15.5. The van der Waals surface area contributed by atoms with E-state index in [-0.39, 0.29) is 11.9 Å². The van der Waals surface area contributed by atoms with Gasteiger partial charge >= 0.3 is 0 Å². The zero-order valence-corrected chi connectivity index (χ0v) is 9.65. The fourth-order valence-electron chi connectivity index (χ4n) is 1.49. The van der Waals surface area contributed by atoms with Crippen molar-refractivity contribution in [1.29, 1.82) is 0 Å². The fraction of sp³-hybridized carbons (Fsp3) is 0.500. The van der Waals surface area contributed by atoms with E-state index < -0.39 is 0 Å². The Morgan fingerprint density at radius 3 is 3.06 bits per heavy atom. The maximum absolute atomic E-state index is 11.5. The van der Waals surface area contributed by atoms with Gasteiger partial charge in [0.25, 0.3) is 0 Å². The van der Waals surface area contributed by atoms with E-state index in [2.05, 4.69) is 17.2 Å². The molecule has 0 saturated heterocycles.